The molecule has 0 saturated carbocycles. The van der Waals surface area contributed by atoms with Crippen LogP contribution >= 0.6 is 0 Å². The summed E-state index contributed by atoms with van der Waals surface area (Å²) < 4.78 is 0. The van der Waals surface area contributed by atoms with Crippen molar-refractivity contribution in [2.24, 2.45) is 0 Å². The summed E-state index contributed by atoms with van der Waals surface area (Å²) in [4.78, 5) is 36.5. The summed E-state index contributed by atoms with van der Waals surface area (Å²) >= 11 is 0. The van der Waals surface area contributed by atoms with Gasteiger partial charge in [0.1, 0.15) is 0 Å². The first kappa shape index (κ1) is 22.9. The van der Waals surface area contributed by atoms with Crippen LogP contribution < -0.4 is 21.3 Å². The van der Waals surface area contributed by atoms with Crippen molar-refractivity contribution in [2.45, 2.75) is 46.2 Å². The van der Waals surface area contributed by atoms with Gasteiger partial charge in [-0.1, -0.05) is 6.07 Å². The van der Waals surface area contributed by atoms with E-state index in [0.717, 1.165) is 0 Å². The van der Waals surface area contributed by atoms with Gasteiger partial charge in [0, 0.05) is 34.1 Å². The first-order valence-corrected chi connectivity index (χ1v) is 9.91. The van der Waals surface area contributed by atoms with E-state index in [1.165, 1.54) is 0 Å². The summed E-state index contributed by atoms with van der Waals surface area (Å²) in [6, 6.07) is 13.7. The fourth-order valence-electron chi connectivity index (χ4n) is 2.62. The van der Waals surface area contributed by atoms with Gasteiger partial charge in [-0.2, -0.15) is 0 Å². The van der Waals surface area contributed by atoms with Crippen LogP contribution in [0.3, 0.4) is 0 Å². The molecule has 0 aliphatic rings. The minimum atomic E-state index is -0.317. The number of amides is 3. The fraction of sp³-hybridized carbons (Fsp3) is 0.348. The summed E-state index contributed by atoms with van der Waals surface area (Å²) in [5, 5.41) is 11.5. The molecule has 0 aliphatic heterocycles. The van der Waals surface area contributed by atoms with E-state index >= 15 is 0 Å². The molecule has 2 aromatic carbocycles. The van der Waals surface area contributed by atoms with Crippen molar-refractivity contribution in [3.63, 3.8) is 0 Å². The molecule has 2 aromatic rings. The van der Waals surface area contributed by atoms with Crippen molar-refractivity contribution in [2.75, 3.05) is 17.2 Å². The van der Waals surface area contributed by atoms with Crippen LogP contribution in [0.2, 0.25) is 0 Å². The summed E-state index contributed by atoms with van der Waals surface area (Å²) in [7, 11) is 0. The molecule has 0 aromatic heterocycles. The summed E-state index contributed by atoms with van der Waals surface area (Å²) in [6.45, 7) is 9.58. The molecule has 2 rings (SSSR count). The van der Waals surface area contributed by atoms with Crippen molar-refractivity contribution < 1.29 is 14.4 Å². The lowest BCUT2D eigenvalue weighted by Crippen LogP contribution is -2.40. The lowest BCUT2D eigenvalue weighted by atomic mass is 10.1. The van der Waals surface area contributed by atoms with Gasteiger partial charge in [0.2, 0.25) is 5.91 Å². The Morgan fingerprint density at radius 3 is 2.13 bits per heavy atom. The number of hydrogen-bond acceptors (Lipinski definition) is 4. The van der Waals surface area contributed by atoms with E-state index in [9.17, 15) is 14.4 Å². The Balaban J connectivity index is 1.89. The maximum Gasteiger partial charge on any atom is 0.251 e. The van der Waals surface area contributed by atoms with Crippen LogP contribution in [-0.4, -0.2) is 35.8 Å². The third-order valence-corrected chi connectivity index (χ3v) is 3.92. The minimum Gasteiger partial charge on any atom is -0.376 e. The van der Waals surface area contributed by atoms with E-state index in [1.807, 2.05) is 34.6 Å². The van der Waals surface area contributed by atoms with Crippen LogP contribution in [-0.2, 0) is 4.79 Å². The van der Waals surface area contributed by atoms with E-state index in [4.69, 9.17) is 0 Å². The SMILES string of the molecule is CC(C)NC(=O)c1cccc(NCC(=O)Nc2ccc(C(=O)NC(C)(C)C)cc2)c1. The van der Waals surface area contributed by atoms with E-state index in [1.54, 1.807) is 48.5 Å². The zero-order valence-electron chi connectivity index (χ0n) is 18.1. The molecule has 4 N–H and O–H groups in total. The third-order valence-electron chi connectivity index (χ3n) is 3.92. The Hall–Kier alpha value is -3.35. The Labute approximate surface area is 177 Å². The molecule has 0 saturated heterocycles. The van der Waals surface area contributed by atoms with Crippen LogP contribution in [0, 0.1) is 0 Å². The van der Waals surface area contributed by atoms with Gasteiger partial charge in [0.05, 0.1) is 6.54 Å². The van der Waals surface area contributed by atoms with Crippen LogP contribution in [0.4, 0.5) is 11.4 Å². The highest BCUT2D eigenvalue weighted by Gasteiger charge is 2.15. The lowest BCUT2D eigenvalue weighted by molar-refractivity contribution is -0.114. The summed E-state index contributed by atoms with van der Waals surface area (Å²) in [5.74, 6) is -0.559. The molecule has 0 radical (unpaired) electrons. The first-order valence-electron chi connectivity index (χ1n) is 9.91. The third kappa shape index (κ3) is 7.58. The monoisotopic (exact) mass is 410 g/mol. The number of carbonyl (C=O) groups is 3. The molecule has 30 heavy (non-hydrogen) atoms. The second-order valence-electron chi connectivity index (χ2n) is 8.39. The van der Waals surface area contributed by atoms with Gasteiger partial charge < -0.3 is 21.3 Å². The van der Waals surface area contributed by atoms with Crippen molar-refractivity contribution in [3.05, 3.63) is 59.7 Å². The second-order valence-corrected chi connectivity index (χ2v) is 8.39. The molecule has 160 valence electrons. The lowest BCUT2D eigenvalue weighted by Gasteiger charge is -2.20. The largest absolute Gasteiger partial charge is 0.376 e. The maximum atomic E-state index is 12.2. The Morgan fingerprint density at radius 2 is 1.53 bits per heavy atom. The molecule has 0 unspecified atom stereocenters. The number of rotatable bonds is 7. The molecular formula is C23H30N4O3. The van der Waals surface area contributed by atoms with Gasteiger partial charge in [-0.3, -0.25) is 14.4 Å². The molecule has 7 nitrogen and oxygen atoms in total. The molecule has 7 heteroatoms. The maximum absolute atomic E-state index is 12.2. The van der Waals surface area contributed by atoms with E-state index in [0.29, 0.717) is 22.5 Å². The average molecular weight is 411 g/mol. The Morgan fingerprint density at radius 1 is 0.867 bits per heavy atom. The topological polar surface area (TPSA) is 99.3 Å². The highest BCUT2D eigenvalue weighted by Crippen LogP contribution is 2.13. The smallest absolute Gasteiger partial charge is 0.251 e. The van der Waals surface area contributed by atoms with Gasteiger partial charge in [0.25, 0.3) is 11.8 Å². The molecule has 0 aliphatic carbocycles. The summed E-state index contributed by atoms with van der Waals surface area (Å²) in [6.07, 6.45) is 0. The number of nitrogens with one attached hydrogen (secondary N) is 4. The second kappa shape index (κ2) is 9.91. The fourth-order valence-corrected chi connectivity index (χ4v) is 2.62. The van der Waals surface area contributed by atoms with Crippen LogP contribution in [0.5, 0.6) is 0 Å². The Bertz CT molecular complexity index is 899. The number of benzene rings is 2. The van der Waals surface area contributed by atoms with Crippen LogP contribution in [0.25, 0.3) is 0 Å². The van der Waals surface area contributed by atoms with Crippen molar-refractivity contribution in [1.29, 1.82) is 0 Å². The first-order chi connectivity index (χ1) is 14.0. The minimum absolute atomic E-state index is 0.0432. The zero-order valence-corrected chi connectivity index (χ0v) is 18.1. The molecule has 0 fully saturated rings. The molecule has 0 atom stereocenters. The van der Waals surface area contributed by atoms with Gasteiger partial charge >= 0.3 is 0 Å². The predicted octanol–water partition coefficient (Wildman–Crippen LogP) is 3.40. The van der Waals surface area contributed by atoms with E-state index < -0.39 is 0 Å². The Kier molecular flexibility index (Phi) is 7.58. The quantitative estimate of drug-likeness (QED) is 0.562. The zero-order chi connectivity index (χ0) is 22.3. The van der Waals surface area contributed by atoms with Crippen LogP contribution in [0.1, 0.15) is 55.3 Å². The van der Waals surface area contributed by atoms with Crippen molar-refractivity contribution in [1.82, 2.24) is 10.6 Å². The highest BCUT2D eigenvalue weighted by molar-refractivity contribution is 5.97. The molecule has 0 heterocycles. The van der Waals surface area contributed by atoms with Gasteiger partial charge in [-0.25, -0.2) is 0 Å². The van der Waals surface area contributed by atoms with Gasteiger partial charge in [-0.05, 0) is 77.1 Å². The summed E-state index contributed by atoms with van der Waals surface area (Å²) in [5.41, 5.74) is 2.01. The highest BCUT2D eigenvalue weighted by atomic mass is 16.2. The van der Waals surface area contributed by atoms with E-state index in [2.05, 4.69) is 21.3 Å². The normalized spacial score (nSPS) is 11.0. The van der Waals surface area contributed by atoms with Gasteiger partial charge in [-0.15, -0.1) is 0 Å². The van der Waals surface area contributed by atoms with Crippen molar-refractivity contribution in [3.8, 4) is 0 Å². The molecule has 0 bridgehead atoms. The average Bonchev–Trinajstić information content (AvgIpc) is 2.65. The number of anilines is 2. The number of hydrogen-bond donors (Lipinski definition) is 4. The van der Waals surface area contributed by atoms with Gasteiger partial charge in [0.15, 0.2) is 0 Å². The molecule has 3 amide bonds. The van der Waals surface area contributed by atoms with Crippen LogP contribution in [0.15, 0.2) is 48.5 Å². The standard InChI is InChI=1S/C23H30N4O3/c1-15(2)25-21(29)17-7-6-8-19(13-17)24-14-20(28)26-18-11-9-16(10-12-18)22(30)27-23(3,4)5/h6-13,15,24H,14H2,1-5H3,(H,25,29)(H,26,28)(H,27,30). The number of carbonyl (C=O) groups excluding carboxylic acids is 3. The molecular weight excluding hydrogens is 380 g/mol. The predicted molar refractivity (Wildman–Crippen MR) is 120 cm³/mol. The molecule has 0 spiro atoms. The van der Waals surface area contributed by atoms with Crippen molar-refractivity contribution >= 4 is 29.1 Å². The van der Waals surface area contributed by atoms with E-state index in [-0.39, 0.29) is 35.8 Å².